The number of hydrogen-bond donors (Lipinski definition) is 1. The molecule has 128 valence electrons. The lowest BCUT2D eigenvalue weighted by atomic mass is 10.2. The van der Waals surface area contributed by atoms with Crippen molar-refractivity contribution in [2.45, 2.75) is 6.54 Å². The molecule has 1 N–H and O–H groups in total. The van der Waals surface area contributed by atoms with Crippen molar-refractivity contribution >= 4 is 23.5 Å². The van der Waals surface area contributed by atoms with E-state index in [1.807, 2.05) is 18.2 Å². The van der Waals surface area contributed by atoms with Crippen LogP contribution in [0.25, 0.3) is 11.3 Å². The van der Waals surface area contributed by atoms with Gasteiger partial charge >= 0.3 is 5.97 Å². The van der Waals surface area contributed by atoms with Gasteiger partial charge in [0.15, 0.2) is 6.61 Å². The number of esters is 1. The fourth-order valence-electron chi connectivity index (χ4n) is 2.07. The highest BCUT2D eigenvalue weighted by Crippen LogP contribution is 2.23. The molecule has 0 aliphatic carbocycles. The SMILES string of the molecule is O=C(COC(=O)c1ccoc1)NCc1ccc(-c2ccc(Cl)cc2)o1. The van der Waals surface area contributed by atoms with Gasteiger partial charge in [0.1, 0.15) is 17.8 Å². The Morgan fingerprint density at radius 2 is 1.88 bits per heavy atom. The average molecular weight is 360 g/mol. The van der Waals surface area contributed by atoms with E-state index < -0.39 is 11.9 Å². The van der Waals surface area contributed by atoms with Crippen LogP contribution in [0.5, 0.6) is 0 Å². The zero-order chi connectivity index (χ0) is 17.6. The van der Waals surface area contributed by atoms with Crippen LogP contribution >= 0.6 is 11.6 Å². The second-order valence-corrected chi connectivity index (χ2v) is 5.57. The largest absolute Gasteiger partial charge is 0.472 e. The van der Waals surface area contributed by atoms with Gasteiger partial charge in [-0.3, -0.25) is 4.79 Å². The minimum absolute atomic E-state index is 0.190. The van der Waals surface area contributed by atoms with E-state index in [0.29, 0.717) is 16.5 Å². The maximum Gasteiger partial charge on any atom is 0.341 e. The Kier molecular flexibility index (Phi) is 5.20. The minimum atomic E-state index is -0.619. The molecule has 6 nitrogen and oxygen atoms in total. The third kappa shape index (κ3) is 4.51. The summed E-state index contributed by atoms with van der Waals surface area (Å²) in [6, 6.07) is 12.3. The number of benzene rings is 1. The van der Waals surface area contributed by atoms with Crippen LogP contribution in [-0.4, -0.2) is 18.5 Å². The molecule has 0 saturated carbocycles. The topological polar surface area (TPSA) is 81.7 Å². The summed E-state index contributed by atoms with van der Waals surface area (Å²) in [7, 11) is 0. The molecule has 0 fully saturated rings. The van der Waals surface area contributed by atoms with E-state index in [2.05, 4.69) is 5.32 Å². The van der Waals surface area contributed by atoms with Gasteiger partial charge in [0.05, 0.1) is 18.4 Å². The van der Waals surface area contributed by atoms with E-state index in [4.69, 9.17) is 25.2 Å². The molecule has 7 heteroatoms. The number of carbonyl (C=O) groups excluding carboxylic acids is 2. The van der Waals surface area contributed by atoms with E-state index in [9.17, 15) is 9.59 Å². The fourth-order valence-corrected chi connectivity index (χ4v) is 2.20. The van der Waals surface area contributed by atoms with Gasteiger partial charge in [0, 0.05) is 10.6 Å². The highest BCUT2D eigenvalue weighted by Gasteiger charge is 2.12. The van der Waals surface area contributed by atoms with Crippen molar-refractivity contribution in [1.82, 2.24) is 5.32 Å². The van der Waals surface area contributed by atoms with Crippen LogP contribution < -0.4 is 5.32 Å². The van der Waals surface area contributed by atoms with E-state index in [1.54, 1.807) is 18.2 Å². The average Bonchev–Trinajstić information content (AvgIpc) is 3.30. The maximum absolute atomic E-state index is 11.7. The van der Waals surface area contributed by atoms with Crippen molar-refractivity contribution in [2.24, 2.45) is 0 Å². The summed E-state index contributed by atoms with van der Waals surface area (Å²) in [5, 5.41) is 3.27. The Bertz CT molecular complexity index is 852. The highest BCUT2D eigenvalue weighted by atomic mass is 35.5. The third-order valence-electron chi connectivity index (χ3n) is 3.34. The summed E-state index contributed by atoms with van der Waals surface area (Å²) in [6.45, 7) is -0.190. The molecular formula is C18H14ClNO5. The van der Waals surface area contributed by atoms with Crippen LogP contribution in [-0.2, 0) is 16.1 Å². The fraction of sp³-hybridized carbons (Fsp3) is 0.111. The van der Waals surface area contributed by atoms with Gasteiger partial charge in [0.25, 0.3) is 5.91 Å². The van der Waals surface area contributed by atoms with Gasteiger partial charge < -0.3 is 18.9 Å². The zero-order valence-corrected chi connectivity index (χ0v) is 13.8. The molecule has 1 aromatic carbocycles. The van der Waals surface area contributed by atoms with E-state index >= 15 is 0 Å². The van der Waals surface area contributed by atoms with E-state index in [1.165, 1.54) is 18.6 Å². The monoisotopic (exact) mass is 359 g/mol. The smallest absolute Gasteiger partial charge is 0.341 e. The number of hydrogen-bond acceptors (Lipinski definition) is 5. The van der Waals surface area contributed by atoms with Crippen LogP contribution in [0.4, 0.5) is 0 Å². The summed E-state index contributed by atoms with van der Waals surface area (Å²) >= 11 is 5.85. The maximum atomic E-state index is 11.7. The molecule has 3 aromatic rings. The van der Waals surface area contributed by atoms with Gasteiger partial charge in [-0.1, -0.05) is 11.6 Å². The number of rotatable bonds is 6. The molecular weight excluding hydrogens is 346 g/mol. The zero-order valence-electron chi connectivity index (χ0n) is 13.0. The number of nitrogens with one attached hydrogen (secondary N) is 1. The van der Waals surface area contributed by atoms with Crippen LogP contribution in [0, 0.1) is 0 Å². The Balaban J connectivity index is 1.48. The highest BCUT2D eigenvalue weighted by molar-refractivity contribution is 6.30. The number of halogens is 1. The molecule has 0 spiro atoms. The predicted octanol–water partition coefficient (Wildman–Crippen LogP) is 3.67. The van der Waals surface area contributed by atoms with Crippen molar-refractivity contribution in [3.8, 4) is 11.3 Å². The first-order valence-corrected chi connectivity index (χ1v) is 7.80. The van der Waals surface area contributed by atoms with E-state index in [-0.39, 0.29) is 18.7 Å². The van der Waals surface area contributed by atoms with Crippen LogP contribution in [0.3, 0.4) is 0 Å². The molecule has 3 rings (SSSR count). The first-order chi connectivity index (χ1) is 12.1. The number of carbonyl (C=O) groups is 2. The summed E-state index contributed by atoms with van der Waals surface area (Å²) < 4.78 is 15.3. The Hall–Kier alpha value is -2.99. The van der Waals surface area contributed by atoms with Crippen LogP contribution in [0.1, 0.15) is 16.1 Å². The second-order valence-electron chi connectivity index (χ2n) is 5.14. The first-order valence-electron chi connectivity index (χ1n) is 7.42. The standard InChI is InChI=1S/C18H14ClNO5/c19-14-3-1-12(2-4-14)16-6-5-15(25-16)9-20-17(21)11-24-18(22)13-7-8-23-10-13/h1-8,10H,9,11H2,(H,20,21). The predicted molar refractivity (Wildman–Crippen MR) is 90.0 cm³/mol. The molecule has 0 aliphatic heterocycles. The van der Waals surface area contributed by atoms with Gasteiger partial charge in [-0.25, -0.2) is 4.79 Å². The van der Waals surface area contributed by atoms with Crippen LogP contribution in [0.15, 0.2) is 63.8 Å². The minimum Gasteiger partial charge on any atom is -0.472 e. The van der Waals surface area contributed by atoms with Crippen molar-refractivity contribution in [1.29, 1.82) is 0 Å². The van der Waals surface area contributed by atoms with Gasteiger partial charge in [-0.2, -0.15) is 0 Å². The molecule has 1 amide bonds. The Morgan fingerprint density at radius 3 is 2.60 bits per heavy atom. The molecule has 2 heterocycles. The molecule has 25 heavy (non-hydrogen) atoms. The van der Waals surface area contributed by atoms with Crippen molar-refractivity contribution in [3.63, 3.8) is 0 Å². The Labute approximate surface area is 148 Å². The molecule has 0 unspecified atom stereocenters. The second kappa shape index (κ2) is 7.72. The molecule has 0 atom stereocenters. The Morgan fingerprint density at radius 1 is 1.08 bits per heavy atom. The molecule has 0 bridgehead atoms. The summed E-state index contributed by atoms with van der Waals surface area (Å²) in [6.07, 6.45) is 2.60. The van der Waals surface area contributed by atoms with Gasteiger partial charge in [-0.05, 0) is 42.5 Å². The van der Waals surface area contributed by atoms with E-state index in [0.717, 1.165) is 5.56 Å². The third-order valence-corrected chi connectivity index (χ3v) is 3.59. The van der Waals surface area contributed by atoms with Crippen LogP contribution in [0.2, 0.25) is 5.02 Å². The normalized spacial score (nSPS) is 10.4. The number of furan rings is 2. The summed E-state index contributed by atoms with van der Waals surface area (Å²) in [4.78, 5) is 23.3. The number of ether oxygens (including phenoxy) is 1. The quantitative estimate of drug-likeness (QED) is 0.679. The molecule has 0 radical (unpaired) electrons. The van der Waals surface area contributed by atoms with Gasteiger partial charge in [0.2, 0.25) is 0 Å². The van der Waals surface area contributed by atoms with Crippen molar-refractivity contribution in [2.75, 3.05) is 6.61 Å². The summed E-state index contributed by atoms with van der Waals surface area (Å²) in [5.74, 6) is 0.208. The van der Waals surface area contributed by atoms with Crippen molar-refractivity contribution in [3.05, 3.63) is 71.3 Å². The molecule has 2 aromatic heterocycles. The lowest BCUT2D eigenvalue weighted by molar-refractivity contribution is -0.124. The lowest BCUT2D eigenvalue weighted by Crippen LogP contribution is -2.28. The van der Waals surface area contributed by atoms with Gasteiger partial charge in [-0.15, -0.1) is 0 Å². The molecule has 0 aliphatic rings. The molecule has 0 saturated heterocycles. The number of amides is 1. The van der Waals surface area contributed by atoms with Crippen molar-refractivity contribution < 1.29 is 23.2 Å². The summed E-state index contributed by atoms with van der Waals surface area (Å²) in [5.41, 5.74) is 1.14. The first kappa shape index (κ1) is 16.9. The lowest BCUT2D eigenvalue weighted by Gasteiger charge is -2.04.